The Morgan fingerprint density at radius 2 is 1.79 bits per heavy atom. The summed E-state index contributed by atoms with van der Waals surface area (Å²) in [7, 11) is 1.60. The Morgan fingerprint density at radius 3 is 2.55 bits per heavy atom. The van der Waals surface area contributed by atoms with Gasteiger partial charge in [0.2, 0.25) is 23.5 Å². The van der Waals surface area contributed by atoms with Crippen LogP contribution in [0, 0.1) is 0 Å². The number of ether oxygens (including phenoxy) is 1. The predicted molar refractivity (Wildman–Crippen MR) is 109 cm³/mol. The molecule has 0 aliphatic rings. The van der Waals surface area contributed by atoms with Gasteiger partial charge >= 0.3 is 0 Å². The van der Waals surface area contributed by atoms with Crippen LogP contribution in [0.25, 0.3) is 23.1 Å². The Balaban J connectivity index is 1.70. The molecule has 9 heteroatoms. The van der Waals surface area contributed by atoms with E-state index >= 15 is 0 Å². The summed E-state index contributed by atoms with van der Waals surface area (Å²) < 4.78 is 10.6. The number of rotatable bonds is 6. The van der Waals surface area contributed by atoms with Gasteiger partial charge in [0, 0.05) is 17.8 Å². The summed E-state index contributed by atoms with van der Waals surface area (Å²) in [6.45, 7) is 2.65. The molecule has 0 atom stereocenters. The number of para-hydroxylation sites is 1. The fourth-order valence-electron chi connectivity index (χ4n) is 2.84. The topological polar surface area (TPSA) is 116 Å². The van der Waals surface area contributed by atoms with Crippen LogP contribution in [0.15, 0.2) is 59.1 Å². The van der Waals surface area contributed by atoms with Gasteiger partial charge in [0.15, 0.2) is 0 Å². The third-order valence-corrected chi connectivity index (χ3v) is 4.21. The van der Waals surface area contributed by atoms with E-state index in [4.69, 9.17) is 15.0 Å². The van der Waals surface area contributed by atoms with Gasteiger partial charge in [0.05, 0.1) is 7.11 Å². The molecule has 0 fully saturated rings. The number of aromatic nitrogens is 5. The minimum absolute atomic E-state index is 0.0760. The standard InChI is InChI=1S/C20H19N7O2/c1-3-27(14-9-5-4-6-10-14)20-24-16(23-19(21)25-20)17-22-18(29-26-17)13-8-7-11-15(12-13)28-2/h4-12H,3H2,1-2H3,(H2,21,23,24,25). The van der Waals surface area contributed by atoms with Gasteiger partial charge in [-0.25, -0.2) is 0 Å². The Morgan fingerprint density at radius 1 is 0.966 bits per heavy atom. The van der Waals surface area contributed by atoms with Gasteiger partial charge in [-0.1, -0.05) is 29.4 Å². The van der Waals surface area contributed by atoms with Crippen molar-refractivity contribution in [2.75, 3.05) is 24.3 Å². The van der Waals surface area contributed by atoms with Crippen LogP contribution in [0.2, 0.25) is 0 Å². The summed E-state index contributed by atoms with van der Waals surface area (Å²) in [5, 5.41) is 4.00. The van der Waals surface area contributed by atoms with E-state index in [1.165, 1.54) is 0 Å². The second-order valence-corrected chi connectivity index (χ2v) is 6.05. The van der Waals surface area contributed by atoms with Crippen molar-refractivity contribution in [1.82, 2.24) is 25.1 Å². The van der Waals surface area contributed by atoms with E-state index in [-0.39, 0.29) is 17.6 Å². The van der Waals surface area contributed by atoms with E-state index in [2.05, 4.69) is 25.1 Å². The van der Waals surface area contributed by atoms with Gasteiger partial charge in [-0.15, -0.1) is 0 Å². The first kappa shape index (κ1) is 18.4. The number of nitrogens with two attached hydrogens (primary N) is 1. The normalized spacial score (nSPS) is 10.7. The number of hydrogen-bond donors (Lipinski definition) is 1. The van der Waals surface area contributed by atoms with Crippen LogP contribution in [-0.2, 0) is 0 Å². The zero-order chi connectivity index (χ0) is 20.2. The van der Waals surface area contributed by atoms with Crippen LogP contribution in [0.1, 0.15) is 6.92 Å². The monoisotopic (exact) mass is 389 g/mol. The number of methoxy groups -OCH3 is 1. The maximum absolute atomic E-state index is 5.93. The van der Waals surface area contributed by atoms with Gasteiger partial charge in [0.1, 0.15) is 5.75 Å². The number of hydrogen-bond acceptors (Lipinski definition) is 9. The van der Waals surface area contributed by atoms with Crippen molar-refractivity contribution in [3.05, 3.63) is 54.6 Å². The largest absolute Gasteiger partial charge is 0.497 e. The van der Waals surface area contributed by atoms with E-state index in [1.54, 1.807) is 13.2 Å². The average molecular weight is 389 g/mol. The first-order valence-corrected chi connectivity index (χ1v) is 9.00. The smallest absolute Gasteiger partial charge is 0.258 e. The van der Waals surface area contributed by atoms with Crippen molar-refractivity contribution < 1.29 is 9.26 Å². The molecule has 0 saturated carbocycles. The minimum atomic E-state index is 0.0760. The molecule has 0 bridgehead atoms. The van der Waals surface area contributed by atoms with Gasteiger partial charge in [-0.3, -0.25) is 0 Å². The molecular weight excluding hydrogens is 370 g/mol. The molecule has 9 nitrogen and oxygen atoms in total. The maximum atomic E-state index is 5.93. The first-order valence-electron chi connectivity index (χ1n) is 9.00. The van der Waals surface area contributed by atoms with Gasteiger partial charge < -0.3 is 19.9 Å². The Kier molecular flexibility index (Phi) is 5.02. The second kappa shape index (κ2) is 7.93. The number of anilines is 3. The fourth-order valence-corrected chi connectivity index (χ4v) is 2.84. The first-order chi connectivity index (χ1) is 14.2. The lowest BCUT2D eigenvalue weighted by atomic mass is 10.2. The van der Waals surface area contributed by atoms with E-state index < -0.39 is 0 Å². The highest BCUT2D eigenvalue weighted by Gasteiger charge is 2.18. The summed E-state index contributed by atoms with van der Waals surface area (Å²) in [6, 6.07) is 17.1. The molecule has 0 spiro atoms. The van der Waals surface area contributed by atoms with E-state index in [0.717, 1.165) is 11.3 Å². The summed E-state index contributed by atoms with van der Waals surface area (Å²) >= 11 is 0. The Bertz CT molecular complexity index is 1110. The SMILES string of the molecule is CCN(c1ccccc1)c1nc(N)nc(-c2noc(-c3cccc(OC)c3)n2)n1. The number of benzene rings is 2. The molecule has 2 aromatic heterocycles. The third kappa shape index (κ3) is 3.84. The molecule has 4 aromatic rings. The van der Waals surface area contributed by atoms with Crippen LogP contribution in [-0.4, -0.2) is 38.7 Å². The molecule has 0 aliphatic carbocycles. The van der Waals surface area contributed by atoms with Crippen molar-refractivity contribution in [2.45, 2.75) is 6.92 Å². The predicted octanol–water partition coefficient (Wildman–Crippen LogP) is 3.34. The lowest BCUT2D eigenvalue weighted by molar-refractivity contribution is 0.413. The molecule has 29 heavy (non-hydrogen) atoms. The lowest BCUT2D eigenvalue weighted by Gasteiger charge is -2.20. The van der Waals surface area contributed by atoms with Crippen molar-refractivity contribution >= 4 is 17.6 Å². The molecular formula is C20H19N7O2. The lowest BCUT2D eigenvalue weighted by Crippen LogP contribution is -2.20. The van der Waals surface area contributed by atoms with E-state index in [0.29, 0.717) is 24.1 Å². The minimum Gasteiger partial charge on any atom is -0.497 e. The summed E-state index contributed by atoms with van der Waals surface area (Å²) in [5.41, 5.74) is 7.60. The molecule has 0 aliphatic heterocycles. The van der Waals surface area contributed by atoms with Crippen molar-refractivity contribution in [3.63, 3.8) is 0 Å². The molecule has 0 radical (unpaired) electrons. The van der Waals surface area contributed by atoms with Crippen LogP contribution >= 0.6 is 0 Å². The zero-order valence-electron chi connectivity index (χ0n) is 16.0. The Labute approximate surface area is 167 Å². The summed E-state index contributed by atoms with van der Waals surface area (Å²) in [5.74, 6) is 1.97. The van der Waals surface area contributed by atoms with E-state index in [1.807, 2.05) is 60.4 Å². The van der Waals surface area contributed by atoms with Crippen molar-refractivity contribution in [2.24, 2.45) is 0 Å². The van der Waals surface area contributed by atoms with Crippen molar-refractivity contribution in [3.8, 4) is 28.9 Å². The van der Waals surface area contributed by atoms with Gasteiger partial charge in [-0.05, 0) is 37.3 Å². The highest BCUT2D eigenvalue weighted by atomic mass is 16.5. The Hall–Kier alpha value is -4.01. The van der Waals surface area contributed by atoms with Gasteiger partial charge in [0.25, 0.3) is 5.89 Å². The summed E-state index contributed by atoms with van der Waals surface area (Å²) in [4.78, 5) is 19.3. The molecule has 0 amide bonds. The highest BCUT2D eigenvalue weighted by Crippen LogP contribution is 2.26. The van der Waals surface area contributed by atoms with E-state index in [9.17, 15) is 0 Å². The number of nitrogens with zero attached hydrogens (tertiary/aromatic N) is 6. The molecule has 2 N–H and O–H groups in total. The second-order valence-electron chi connectivity index (χ2n) is 6.05. The summed E-state index contributed by atoms with van der Waals surface area (Å²) in [6.07, 6.45) is 0. The van der Waals surface area contributed by atoms with Crippen LogP contribution < -0.4 is 15.4 Å². The highest BCUT2D eigenvalue weighted by molar-refractivity contribution is 5.61. The van der Waals surface area contributed by atoms with Crippen LogP contribution in [0.5, 0.6) is 5.75 Å². The third-order valence-electron chi connectivity index (χ3n) is 4.21. The average Bonchev–Trinajstić information content (AvgIpc) is 3.25. The van der Waals surface area contributed by atoms with Gasteiger partial charge in [-0.2, -0.15) is 19.9 Å². The molecule has 0 saturated heterocycles. The molecule has 4 rings (SSSR count). The maximum Gasteiger partial charge on any atom is 0.258 e. The van der Waals surface area contributed by atoms with Crippen LogP contribution in [0.3, 0.4) is 0 Å². The van der Waals surface area contributed by atoms with Crippen LogP contribution in [0.4, 0.5) is 17.6 Å². The van der Waals surface area contributed by atoms with Crippen molar-refractivity contribution in [1.29, 1.82) is 0 Å². The molecule has 2 aromatic carbocycles. The molecule has 2 heterocycles. The quantitative estimate of drug-likeness (QED) is 0.530. The molecule has 0 unspecified atom stereocenters. The molecule has 146 valence electrons. The number of nitrogen functional groups attached to an aromatic ring is 1. The zero-order valence-corrected chi connectivity index (χ0v) is 16.0. The fraction of sp³-hybridized carbons (Fsp3) is 0.150.